The molecular weight excluding hydrogens is 296 g/mol. The van der Waals surface area contributed by atoms with E-state index in [0.29, 0.717) is 0 Å². The molecule has 0 aliphatic heterocycles. The van der Waals surface area contributed by atoms with Crippen LogP contribution in [-0.4, -0.2) is 24.0 Å². The van der Waals surface area contributed by atoms with E-state index in [1.165, 1.54) is 0 Å². The van der Waals surface area contributed by atoms with Gasteiger partial charge < -0.3 is 5.11 Å². The molecule has 2 N–H and O–H groups in total. The van der Waals surface area contributed by atoms with Crippen LogP contribution in [0.1, 0.15) is 39.0 Å². The van der Waals surface area contributed by atoms with Gasteiger partial charge in [-0.2, -0.15) is 0 Å². The van der Waals surface area contributed by atoms with Crippen LogP contribution in [0.25, 0.3) is 0 Å². The van der Waals surface area contributed by atoms with Crippen LogP contribution in [0.5, 0.6) is 5.75 Å². The van der Waals surface area contributed by atoms with Crippen molar-refractivity contribution in [2.45, 2.75) is 49.5 Å². The second-order valence-electron chi connectivity index (χ2n) is 5.63. The summed E-state index contributed by atoms with van der Waals surface area (Å²) in [7, 11) is -3.86. The molecule has 21 heavy (non-hydrogen) atoms. The number of aromatic hydroxyl groups is 1. The largest absolute Gasteiger partial charge is 0.502 e. The van der Waals surface area contributed by atoms with E-state index in [2.05, 4.69) is 4.72 Å². The van der Waals surface area contributed by atoms with E-state index in [-0.39, 0.29) is 4.90 Å². The van der Waals surface area contributed by atoms with Crippen LogP contribution >= 0.6 is 0 Å². The van der Waals surface area contributed by atoms with Gasteiger partial charge in [0.1, 0.15) is 0 Å². The zero-order valence-electron chi connectivity index (χ0n) is 11.7. The predicted molar refractivity (Wildman–Crippen MR) is 76.6 cm³/mol. The van der Waals surface area contributed by atoms with Crippen molar-refractivity contribution in [2.24, 2.45) is 0 Å². The topological polar surface area (TPSA) is 110 Å². The molecule has 1 aliphatic rings. The monoisotopic (exact) mass is 314 g/mol. The van der Waals surface area contributed by atoms with Gasteiger partial charge in [-0.05, 0) is 31.9 Å². The maximum Gasteiger partial charge on any atom is 0.312 e. The Morgan fingerprint density at radius 2 is 1.90 bits per heavy atom. The quantitative estimate of drug-likeness (QED) is 0.654. The number of hydrogen-bond donors (Lipinski definition) is 2. The van der Waals surface area contributed by atoms with Crippen LogP contribution < -0.4 is 4.72 Å². The molecule has 0 atom stereocenters. The Bertz CT molecular complexity index is 651. The average molecular weight is 314 g/mol. The van der Waals surface area contributed by atoms with Crippen LogP contribution in [0.15, 0.2) is 23.1 Å². The molecule has 0 amide bonds. The van der Waals surface area contributed by atoms with E-state index in [0.717, 1.165) is 50.3 Å². The van der Waals surface area contributed by atoms with Crippen LogP contribution in [0.4, 0.5) is 5.69 Å². The summed E-state index contributed by atoms with van der Waals surface area (Å²) in [6.07, 6.45) is 4.48. The highest BCUT2D eigenvalue weighted by molar-refractivity contribution is 7.89. The highest BCUT2D eigenvalue weighted by Gasteiger charge is 2.32. The van der Waals surface area contributed by atoms with E-state index < -0.39 is 31.9 Å². The fraction of sp³-hybridized carbons (Fsp3) is 0.538. The zero-order chi connectivity index (χ0) is 15.7. The molecule has 1 aromatic rings. The van der Waals surface area contributed by atoms with Gasteiger partial charge in [-0.15, -0.1) is 0 Å². The van der Waals surface area contributed by atoms with Gasteiger partial charge in [0.2, 0.25) is 10.0 Å². The maximum absolute atomic E-state index is 12.4. The summed E-state index contributed by atoms with van der Waals surface area (Å²) in [6.45, 7) is 1.85. The summed E-state index contributed by atoms with van der Waals surface area (Å²) >= 11 is 0. The highest BCUT2D eigenvalue weighted by atomic mass is 32.2. The second-order valence-corrected chi connectivity index (χ2v) is 7.32. The smallest absolute Gasteiger partial charge is 0.312 e. The SMILES string of the molecule is CC1(NS(=O)(=O)c2ccc(O)c([N+](=O)[O-])c2)CCCCC1. The van der Waals surface area contributed by atoms with Gasteiger partial charge in [0.25, 0.3) is 0 Å². The summed E-state index contributed by atoms with van der Waals surface area (Å²) in [5, 5.41) is 20.2. The third-order valence-corrected chi connectivity index (χ3v) is 5.43. The molecule has 116 valence electrons. The van der Waals surface area contributed by atoms with E-state index >= 15 is 0 Å². The van der Waals surface area contributed by atoms with Gasteiger partial charge in [0.15, 0.2) is 5.75 Å². The number of nitrogens with one attached hydrogen (secondary N) is 1. The first-order chi connectivity index (χ1) is 9.73. The van der Waals surface area contributed by atoms with E-state index in [4.69, 9.17) is 0 Å². The molecule has 7 nitrogen and oxygen atoms in total. The molecule has 1 fully saturated rings. The molecule has 0 spiro atoms. The number of benzene rings is 1. The van der Waals surface area contributed by atoms with Crippen molar-refractivity contribution in [3.63, 3.8) is 0 Å². The van der Waals surface area contributed by atoms with Gasteiger partial charge in [-0.3, -0.25) is 10.1 Å². The lowest BCUT2D eigenvalue weighted by Crippen LogP contribution is -2.47. The Hall–Kier alpha value is -1.67. The van der Waals surface area contributed by atoms with Gasteiger partial charge in [-0.1, -0.05) is 19.3 Å². The number of phenols is 1. The van der Waals surface area contributed by atoms with Gasteiger partial charge >= 0.3 is 5.69 Å². The maximum atomic E-state index is 12.4. The van der Waals surface area contributed by atoms with Crippen molar-refractivity contribution in [2.75, 3.05) is 0 Å². The van der Waals surface area contributed by atoms with Crippen LogP contribution in [-0.2, 0) is 10.0 Å². The highest BCUT2D eigenvalue weighted by Crippen LogP contribution is 2.31. The first-order valence-electron chi connectivity index (χ1n) is 6.75. The molecular formula is C13H18N2O5S. The van der Waals surface area contributed by atoms with E-state index in [1.54, 1.807) is 0 Å². The fourth-order valence-corrected chi connectivity index (χ4v) is 4.12. The first kappa shape index (κ1) is 15.7. The molecule has 0 heterocycles. The van der Waals surface area contributed by atoms with E-state index in [9.17, 15) is 23.6 Å². The number of phenolic OH excluding ortho intramolecular Hbond substituents is 1. The molecule has 1 saturated carbocycles. The summed E-state index contributed by atoms with van der Waals surface area (Å²) in [5.74, 6) is -0.553. The molecule has 2 rings (SSSR count). The summed E-state index contributed by atoms with van der Waals surface area (Å²) in [4.78, 5) is 9.77. The molecule has 0 unspecified atom stereocenters. The first-order valence-corrected chi connectivity index (χ1v) is 8.23. The summed E-state index contributed by atoms with van der Waals surface area (Å²) in [5.41, 5.74) is -1.14. The van der Waals surface area contributed by atoms with E-state index in [1.807, 2.05) is 6.92 Å². The second kappa shape index (κ2) is 5.61. The Balaban J connectivity index is 2.31. The minimum Gasteiger partial charge on any atom is -0.502 e. The summed E-state index contributed by atoms with van der Waals surface area (Å²) in [6, 6.07) is 3.07. The molecule has 0 aromatic heterocycles. The Labute approximate surface area is 123 Å². The van der Waals surface area contributed by atoms with Crippen LogP contribution in [0.3, 0.4) is 0 Å². The lowest BCUT2D eigenvalue weighted by molar-refractivity contribution is -0.386. The van der Waals surface area contributed by atoms with Crippen molar-refractivity contribution in [3.05, 3.63) is 28.3 Å². The van der Waals surface area contributed by atoms with Crippen LogP contribution in [0.2, 0.25) is 0 Å². The van der Waals surface area contributed by atoms with Crippen molar-refractivity contribution in [1.29, 1.82) is 0 Å². The molecule has 0 radical (unpaired) electrons. The third-order valence-electron chi connectivity index (χ3n) is 3.79. The molecule has 1 aliphatic carbocycles. The minimum atomic E-state index is -3.86. The molecule has 0 saturated heterocycles. The zero-order valence-corrected chi connectivity index (χ0v) is 12.5. The summed E-state index contributed by atoms with van der Waals surface area (Å²) < 4.78 is 27.4. The Kier molecular flexibility index (Phi) is 4.20. The van der Waals surface area contributed by atoms with Gasteiger partial charge in [0.05, 0.1) is 9.82 Å². The molecule has 8 heteroatoms. The number of rotatable bonds is 4. The predicted octanol–water partition coefficient (Wildman–Crippen LogP) is 2.30. The lowest BCUT2D eigenvalue weighted by Gasteiger charge is -2.34. The van der Waals surface area contributed by atoms with Gasteiger partial charge in [-0.25, -0.2) is 13.1 Å². The van der Waals surface area contributed by atoms with Crippen LogP contribution in [0, 0.1) is 10.1 Å². The normalized spacial score (nSPS) is 18.3. The van der Waals surface area contributed by atoms with Crippen molar-refractivity contribution >= 4 is 15.7 Å². The van der Waals surface area contributed by atoms with Crippen molar-refractivity contribution in [3.8, 4) is 5.75 Å². The number of hydrogen-bond acceptors (Lipinski definition) is 5. The number of sulfonamides is 1. The van der Waals surface area contributed by atoms with Gasteiger partial charge in [0, 0.05) is 11.6 Å². The minimum absolute atomic E-state index is 0.209. The fourth-order valence-electron chi connectivity index (χ4n) is 2.63. The average Bonchev–Trinajstić information content (AvgIpc) is 2.38. The molecule has 0 bridgehead atoms. The lowest BCUT2D eigenvalue weighted by atomic mass is 9.84. The number of nitro benzene ring substituents is 1. The standard InChI is InChI=1S/C13H18N2O5S/c1-13(7-3-2-4-8-13)14-21(19,20)10-5-6-12(16)11(9-10)15(17)18/h5-6,9,14,16H,2-4,7-8H2,1H3. The molecule has 1 aromatic carbocycles. The number of nitrogens with zero attached hydrogens (tertiary/aromatic N) is 1. The third kappa shape index (κ3) is 3.51. The Morgan fingerprint density at radius 3 is 2.48 bits per heavy atom. The Morgan fingerprint density at radius 1 is 1.29 bits per heavy atom. The van der Waals surface area contributed by atoms with Crippen molar-refractivity contribution in [1.82, 2.24) is 4.72 Å². The van der Waals surface area contributed by atoms with Crippen molar-refractivity contribution < 1.29 is 18.4 Å². The number of nitro groups is 1.